The van der Waals surface area contributed by atoms with Gasteiger partial charge >= 0.3 is 5.97 Å². The van der Waals surface area contributed by atoms with E-state index in [-0.39, 0.29) is 5.84 Å². The molecule has 2 aromatic carbocycles. The van der Waals surface area contributed by atoms with Crippen molar-refractivity contribution in [1.82, 2.24) is 9.97 Å². The molecule has 6 N–H and O–H groups in total. The van der Waals surface area contributed by atoms with Gasteiger partial charge in [0.15, 0.2) is 6.04 Å². The fraction of sp³-hybridized carbons (Fsp3) is 0.190. The molecule has 0 fully saturated rings. The highest BCUT2D eigenvalue weighted by Gasteiger charge is 2.21. The third-order valence-corrected chi connectivity index (χ3v) is 4.31. The molecule has 8 nitrogen and oxygen atoms in total. The van der Waals surface area contributed by atoms with Gasteiger partial charge in [0.1, 0.15) is 17.4 Å². The Morgan fingerprint density at radius 3 is 2.66 bits per heavy atom. The average molecular weight is 393 g/mol. The zero-order valence-corrected chi connectivity index (χ0v) is 16.0. The third-order valence-electron chi connectivity index (χ3n) is 4.31. The molecule has 29 heavy (non-hydrogen) atoms. The van der Waals surface area contributed by atoms with Crippen LogP contribution in [0, 0.1) is 5.41 Å². The third kappa shape index (κ3) is 5.13. The molecule has 0 saturated heterocycles. The lowest BCUT2D eigenvalue weighted by Crippen LogP contribution is -2.21. The number of aromatic amines is 1. The lowest BCUT2D eigenvalue weighted by molar-refractivity contribution is -0.138. The topological polar surface area (TPSA) is 137 Å². The van der Waals surface area contributed by atoms with Gasteiger partial charge in [-0.05, 0) is 54.4 Å². The van der Waals surface area contributed by atoms with Crippen LogP contribution in [0.15, 0.2) is 54.9 Å². The molecule has 0 aliphatic rings. The SMILES string of the molecule is CCOc1cc(Cc2ncc[nH]2)cc(C(Nc2ccc(C(=N)N)cc2)C(=O)O)c1. The average Bonchev–Trinajstić information content (AvgIpc) is 3.19. The molecule has 0 spiro atoms. The zero-order valence-electron chi connectivity index (χ0n) is 16.0. The summed E-state index contributed by atoms with van der Waals surface area (Å²) < 4.78 is 5.64. The molecule has 1 heterocycles. The Hall–Kier alpha value is -3.81. The molecule has 8 heteroatoms. The number of nitrogens with one attached hydrogen (secondary N) is 3. The van der Waals surface area contributed by atoms with Crippen molar-refractivity contribution in [3.63, 3.8) is 0 Å². The van der Waals surface area contributed by atoms with Gasteiger partial charge in [-0.2, -0.15) is 0 Å². The lowest BCUT2D eigenvalue weighted by Gasteiger charge is -2.18. The number of carboxylic acids is 1. The van der Waals surface area contributed by atoms with Gasteiger partial charge in [-0.25, -0.2) is 9.78 Å². The molecule has 0 saturated carbocycles. The molecule has 0 aliphatic carbocycles. The minimum Gasteiger partial charge on any atom is -0.494 e. The van der Waals surface area contributed by atoms with Crippen molar-refractivity contribution < 1.29 is 14.6 Å². The quantitative estimate of drug-likeness (QED) is 0.280. The first-order valence-electron chi connectivity index (χ1n) is 9.15. The molecule has 0 aliphatic heterocycles. The maximum atomic E-state index is 12.0. The van der Waals surface area contributed by atoms with E-state index >= 15 is 0 Å². The number of ether oxygens (including phenoxy) is 1. The molecule has 0 radical (unpaired) electrons. The molecule has 1 unspecified atom stereocenters. The smallest absolute Gasteiger partial charge is 0.330 e. The number of amidine groups is 1. The van der Waals surface area contributed by atoms with Gasteiger partial charge in [0.05, 0.1) is 6.61 Å². The molecule has 0 amide bonds. The summed E-state index contributed by atoms with van der Waals surface area (Å²) in [5.74, 6) is 0.326. The number of H-pyrrole nitrogens is 1. The first-order chi connectivity index (χ1) is 14.0. The summed E-state index contributed by atoms with van der Waals surface area (Å²) in [5.41, 5.74) is 8.11. The summed E-state index contributed by atoms with van der Waals surface area (Å²) in [5, 5.41) is 20.3. The van der Waals surface area contributed by atoms with Gasteiger partial charge in [0, 0.05) is 30.1 Å². The second kappa shape index (κ2) is 8.92. The number of carbonyl (C=O) groups is 1. The van der Waals surface area contributed by atoms with Crippen LogP contribution in [0.3, 0.4) is 0 Å². The van der Waals surface area contributed by atoms with Crippen LogP contribution >= 0.6 is 0 Å². The van der Waals surface area contributed by atoms with E-state index in [0.29, 0.717) is 35.6 Å². The Balaban J connectivity index is 1.91. The summed E-state index contributed by atoms with van der Waals surface area (Å²) in [7, 11) is 0. The summed E-state index contributed by atoms with van der Waals surface area (Å²) in [6.07, 6.45) is 3.95. The van der Waals surface area contributed by atoms with E-state index in [0.717, 1.165) is 11.4 Å². The number of aromatic nitrogens is 2. The van der Waals surface area contributed by atoms with Crippen molar-refractivity contribution in [2.45, 2.75) is 19.4 Å². The fourth-order valence-electron chi connectivity index (χ4n) is 2.99. The molecule has 3 aromatic rings. The van der Waals surface area contributed by atoms with E-state index in [1.165, 1.54) is 0 Å². The van der Waals surface area contributed by atoms with Crippen molar-refractivity contribution in [1.29, 1.82) is 5.41 Å². The minimum atomic E-state index is -1.02. The van der Waals surface area contributed by atoms with Gasteiger partial charge in [-0.15, -0.1) is 0 Å². The number of nitrogens with zero attached hydrogens (tertiary/aromatic N) is 1. The van der Waals surface area contributed by atoms with Crippen LogP contribution in [0.1, 0.15) is 35.5 Å². The number of aliphatic carboxylic acids is 1. The van der Waals surface area contributed by atoms with Crippen molar-refractivity contribution in [3.8, 4) is 5.75 Å². The van der Waals surface area contributed by atoms with Gasteiger partial charge < -0.3 is 25.9 Å². The second-order valence-electron chi connectivity index (χ2n) is 6.46. The van der Waals surface area contributed by atoms with Crippen molar-refractivity contribution in [3.05, 3.63) is 77.4 Å². The standard InChI is InChI=1S/C21H23N5O3/c1-2-29-17-10-13(11-18-24-7-8-25-18)9-15(12-17)19(21(27)28)26-16-5-3-14(4-6-16)20(22)23/h3-10,12,19,26H,2,11H2,1H3,(H3,22,23)(H,24,25)(H,27,28). The van der Waals surface area contributed by atoms with Crippen molar-refractivity contribution in [2.24, 2.45) is 5.73 Å². The van der Waals surface area contributed by atoms with Crippen molar-refractivity contribution in [2.75, 3.05) is 11.9 Å². The van der Waals surface area contributed by atoms with Gasteiger partial charge in [-0.1, -0.05) is 6.07 Å². The predicted octanol–water partition coefficient (Wildman–Crippen LogP) is 2.92. The minimum absolute atomic E-state index is 0.0432. The molecule has 1 atom stereocenters. The van der Waals surface area contributed by atoms with E-state index in [1.807, 2.05) is 19.1 Å². The highest BCUT2D eigenvalue weighted by atomic mass is 16.5. The van der Waals surface area contributed by atoms with Crippen LogP contribution in [0.2, 0.25) is 0 Å². The number of imidazole rings is 1. The monoisotopic (exact) mass is 393 g/mol. The largest absolute Gasteiger partial charge is 0.494 e. The van der Waals surface area contributed by atoms with E-state index < -0.39 is 12.0 Å². The van der Waals surface area contributed by atoms with E-state index in [9.17, 15) is 9.90 Å². The lowest BCUT2D eigenvalue weighted by atomic mass is 10.0. The van der Waals surface area contributed by atoms with Crippen LogP contribution in [0.4, 0.5) is 5.69 Å². The fourth-order valence-corrected chi connectivity index (χ4v) is 2.99. The Labute approximate surface area is 168 Å². The number of carboxylic acid groups (broad SMARTS) is 1. The highest BCUT2D eigenvalue weighted by Crippen LogP contribution is 2.27. The molecular weight excluding hydrogens is 370 g/mol. The van der Waals surface area contributed by atoms with Crippen molar-refractivity contribution >= 4 is 17.5 Å². The van der Waals surface area contributed by atoms with E-state index in [4.69, 9.17) is 15.9 Å². The van der Waals surface area contributed by atoms with Gasteiger partial charge in [0.2, 0.25) is 0 Å². The highest BCUT2D eigenvalue weighted by molar-refractivity contribution is 5.95. The van der Waals surface area contributed by atoms with Crippen LogP contribution in [-0.2, 0) is 11.2 Å². The number of hydrogen-bond acceptors (Lipinski definition) is 5. The number of hydrogen-bond donors (Lipinski definition) is 5. The normalized spacial score (nSPS) is 11.6. The number of nitrogens with two attached hydrogens (primary N) is 1. The molecular formula is C21H23N5O3. The molecule has 0 bridgehead atoms. The van der Waals surface area contributed by atoms with Gasteiger partial charge in [0.25, 0.3) is 0 Å². The summed E-state index contributed by atoms with van der Waals surface area (Å²) in [6.45, 7) is 2.35. The zero-order chi connectivity index (χ0) is 20.8. The Morgan fingerprint density at radius 2 is 2.07 bits per heavy atom. The summed E-state index contributed by atoms with van der Waals surface area (Å²) in [4.78, 5) is 19.3. The Morgan fingerprint density at radius 1 is 1.31 bits per heavy atom. The second-order valence-corrected chi connectivity index (χ2v) is 6.46. The van der Waals surface area contributed by atoms with Crippen LogP contribution in [0.25, 0.3) is 0 Å². The van der Waals surface area contributed by atoms with Gasteiger partial charge in [-0.3, -0.25) is 5.41 Å². The summed E-state index contributed by atoms with van der Waals surface area (Å²) >= 11 is 0. The van der Waals surface area contributed by atoms with E-state index in [1.54, 1.807) is 42.7 Å². The first kappa shape index (κ1) is 19.9. The number of benzene rings is 2. The first-order valence-corrected chi connectivity index (χ1v) is 9.15. The maximum Gasteiger partial charge on any atom is 0.330 e. The van der Waals surface area contributed by atoms with Crippen LogP contribution in [-0.4, -0.2) is 33.5 Å². The Bertz CT molecular complexity index is 984. The number of rotatable bonds is 9. The maximum absolute atomic E-state index is 12.0. The number of anilines is 1. The van der Waals surface area contributed by atoms with Crippen LogP contribution < -0.4 is 15.8 Å². The van der Waals surface area contributed by atoms with E-state index in [2.05, 4.69) is 15.3 Å². The molecule has 3 rings (SSSR count). The Kier molecular flexibility index (Phi) is 6.13. The summed E-state index contributed by atoms with van der Waals surface area (Å²) in [6, 6.07) is 11.2. The number of nitrogen functional groups attached to an aromatic ring is 1. The van der Waals surface area contributed by atoms with Crippen LogP contribution in [0.5, 0.6) is 5.75 Å². The molecule has 1 aromatic heterocycles. The molecule has 150 valence electrons. The predicted molar refractivity (Wildman–Crippen MR) is 110 cm³/mol.